The summed E-state index contributed by atoms with van der Waals surface area (Å²) in [6, 6.07) is 0. The van der Waals surface area contributed by atoms with E-state index in [1.807, 2.05) is 19.4 Å². The van der Waals surface area contributed by atoms with Gasteiger partial charge in [-0.25, -0.2) is 4.98 Å². The van der Waals surface area contributed by atoms with E-state index in [1.165, 1.54) is 0 Å². The monoisotopic (exact) mass is 328 g/mol. The van der Waals surface area contributed by atoms with Gasteiger partial charge in [-0.2, -0.15) is 5.10 Å². The number of aryl methyl sites for hydroxylation is 1. The molecule has 23 heavy (non-hydrogen) atoms. The van der Waals surface area contributed by atoms with Gasteiger partial charge in [0.15, 0.2) is 0 Å². The molecule has 0 atom stereocenters. The van der Waals surface area contributed by atoms with Crippen LogP contribution in [0.3, 0.4) is 0 Å². The van der Waals surface area contributed by atoms with Gasteiger partial charge in [0, 0.05) is 45.0 Å². The van der Waals surface area contributed by atoms with Gasteiger partial charge in [-0.15, -0.1) is 10.2 Å². The van der Waals surface area contributed by atoms with Gasteiger partial charge in [-0.3, -0.25) is 9.67 Å². The lowest BCUT2D eigenvalue weighted by molar-refractivity contribution is 0.643. The summed E-state index contributed by atoms with van der Waals surface area (Å²) in [5, 5.41) is 13.2. The quantitative estimate of drug-likeness (QED) is 0.711. The summed E-state index contributed by atoms with van der Waals surface area (Å²) >= 11 is 1.58. The normalized spacial score (nSPS) is 15.2. The second kappa shape index (κ2) is 5.92. The summed E-state index contributed by atoms with van der Waals surface area (Å²) in [4.78, 5) is 13.6. The highest BCUT2D eigenvalue weighted by molar-refractivity contribution is 7.13. The van der Waals surface area contributed by atoms with Crippen LogP contribution < -0.4 is 9.80 Å². The largest absolute Gasteiger partial charge is 0.352 e. The second-order valence-electron chi connectivity index (χ2n) is 5.36. The predicted molar refractivity (Wildman–Crippen MR) is 88.6 cm³/mol. The molecule has 3 aromatic heterocycles. The van der Waals surface area contributed by atoms with E-state index in [0.717, 1.165) is 48.4 Å². The zero-order chi connectivity index (χ0) is 15.6. The molecule has 1 aliphatic rings. The van der Waals surface area contributed by atoms with E-state index in [-0.39, 0.29) is 0 Å². The SMILES string of the molecule is Cn1cc(-c2cncc(N3CCN(c4nncs4)CC3)n2)cn1. The predicted octanol–water partition coefficient (Wildman–Crippen LogP) is 1.06. The molecule has 0 saturated carbocycles. The number of nitrogens with zero attached hydrogens (tertiary/aromatic N) is 8. The van der Waals surface area contributed by atoms with Gasteiger partial charge >= 0.3 is 0 Å². The van der Waals surface area contributed by atoms with Crippen LogP contribution in [0.15, 0.2) is 30.3 Å². The van der Waals surface area contributed by atoms with Crippen LogP contribution in [0.1, 0.15) is 0 Å². The number of hydrogen-bond donors (Lipinski definition) is 0. The molecule has 0 bridgehead atoms. The van der Waals surface area contributed by atoms with Crippen molar-refractivity contribution in [2.45, 2.75) is 0 Å². The maximum absolute atomic E-state index is 4.73. The van der Waals surface area contributed by atoms with Crippen LogP contribution in [0.4, 0.5) is 10.9 Å². The lowest BCUT2D eigenvalue weighted by atomic mass is 10.2. The lowest BCUT2D eigenvalue weighted by Gasteiger charge is -2.34. The number of aromatic nitrogens is 6. The van der Waals surface area contributed by atoms with Crippen LogP contribution in [0.2, 0.25) is 0 Å². The molecule has 1 saturated heterocycles. The first-order chi connectivity index (χ1) is 11.3. The standard InChI is InChI=1S/C14H16N8S/c1-20-9-11(6-17-20)12-7-15-8-13(18-12)21-2-4-22(5-3-21)14-19-16-10-23-14/h6-10H,2-5H2,1H3. The van der Waals surface area contributed by atoms with Crippen molar-refractivity contribution in [3.63, 3.8) is 0 Å². The molecule has 8 nitrogen and oxygen atoms in total. The Morgan fingerprint density at radius 2 is 1.87 bits per heavy atom. The highest BCUT2D eigenvalue weighted by atomic mass is 32.1. The van der Waals surface area contributed by atoms with E-state index in [9.17, 15) is 0 Å². The highest BCUT2D eigenvalue weighted by Crippen LogP contribution is 2.22. The summed E-state index contributed by atoms with van der Waals surface area (Å²) in [7, 11) is 1.90. The van der Waals surface area contributed by atoms with Crippen LogP contribution in [-0.4, -0.2) is 56.1 Å². The molecule has 0 aromatic carbocycles. The Labute approximate surface area is 137 Å². The Hall–Kier alpha value is -2.55. The Morgan fingerprint density at radius 3 is 2.57 bits per heavy atom. The van der Waals surface area contributed by atoms with Crippen molar-refractivity contribution in [2.75, 3.05) is 36.0 Å². The van der Waals surface area contributed by atoms with Gasteiger partial charge < -0.3 is 9.80 Å². The molecule has 0 N–H and O–H groups in total. The Balaban J connectivity index is 1.49. The van der Waals surface area contributed by atoms with Crippen molar-refractivity contribution in [3.8, 4) is 11.3 Å². The van der Waals surface area contributed by atoms with Crippen molar-refractivity contribution in [1.82, 2.24) is 29.9 Å². The summed E-state index contributed by atoms with van der Waals surface area (Å²) in [5.41, 5.74) is 3.60. The molecule has 0 spiro atoms. The zero-order valence-electron chi connectivity index (χ0n) is 12.7. The average molecular weight is 328 g/mol. The van der Waals surface area contributed by atoms with Gasteiger partial charge in [0.25, 0.3) is 0 Å². The molecule has 1 fully saturated rings. The molecule has 9 heteroatoms. The summed E-state index contributed by atoms with van der Waals surface area (Å²) in [5.74, 6) is 0.906. The minimum absolute atomic E-state index is 0.849. The van der Waals surface area contributed by atoms with Crippen molar-refractivity contribution < 1.29 is 0 Å². The third kappa shape index (κ3) is 2.87. The highest BCUT2D eigenvalue weighted by Gasteiger charge is 2.20. The molecular weight excluding hydrogens is 312 g/mol. The maximum Gasteiger partial charge on any atom is 0.208 e. The van der Waals surface area contributed by atoms with Crippen LogP contribution in [0.25, 0.3) is 11.3 Å². The van der Waals surface area contributed by atoms with Crippen LogP contribution >= 0.6 is 11.3 Å². The van der Waals surface area contributed by atoms with Crippen LogP contribution in [0.5, 0.6) is 0 Å². The number of anilines is 2. The van der Waals surface area contributed by atoms with Crippen molar-refractivity contribution in [2.24, 2.45) is 7.05 Å². The molecule has 118 valence electrons. The summed E-state index contributed by atoms with van der Waals surface area (Å²) < 4.78 is 1.77. The molecule has 1 aliphatic heterocycles. The van der Waals surface area contributed by atoms with Crippen molar-refractivity contribution in [1.29, 1.82) is 0 Å². The number of piperazine rings is 1. The molecule has 0 amide bonds. The fourth-order valence-corrected chi connectivity index (χ4v) is 3.25. The lowest BCUT2D eigenvalue weighted by Crippen LogP contribution is -2.46. The number of hydrogen-bond acceptors (Lipinski definition) is 8. The molecule has 0 aliphatic carbocycles. The molecule has 4 rings (SSSR count). The van der Waals surface area contributed by atoms with E-state index >= 15 is 0 Å². The van der Waals surface area contributed by atoms with E-state index in [4.69, 9.17) is 4.98 Å². The first kappa shape index (κ1) is 14.1. The van der Waals surface area contributed by atoms with Gasteiger partial charge in [-0.05, 0) is 0 Å². The molecule has 3 aromatic rings. The van der Waals surface area contributed by atoms with Crippen LogP contribution in [-0.2, 0) is 7.05 Å². The Morgan fingerprint density at radius 1 is 1.04 bits per heavy atom. The van der Waals surface area contributed by atoms with E-state index < -0.39 is 0 Å². The minimum Gasteiger partial charge on any atom is -0.352 e. The second-order valence-corrected chi connectivity index (χ2v) is 6.17. The summed E-state index contributed by atoms with van der Waals surface area (Å²) in [6.07, 6.45) is 7.35. The minimum atomic E-state index is 0.849. The number of rotatable bonds is 3. The maximum atomic E-state index is 4.73. The van der Waals surface area contributed by atoms with Crippen molar-refractivity contribution in [3.05, 3.63) is 30.3 Å². The Bertz CT molecular complexity index is 776. The molecule has 4 heterocycles. The third-order valence-electron chi connectivity index (χ3n) is 3.85. The fraction of sp³-hybridized carbons (Fsp3) is 0.357. The van der Waals surface area contributed by atoms with Crippen molar-refractivity contribution >= 4 is 22.3 Å². The van der Waals surface area contributed by atoms with E-state index in [1.54, 1.807) is 33.9 Å². The Kier molecular flexibility index (Phi) is 3.62. The van der Waals surface area contributed by atoms with E-state index in [2.05, 4.69) is 30.1 Å². The molecular formula is C14H16N8S. The molecule has 0 unspecified atom stereocenters. The molecule has 0 radical (unpaired) electrons. The fourth-order valence-electron chi connectivity index (χ4n) is 2.63. The van der Waals surface area contributed by atoms with E-state index in [0.29, 0.717) is 0 Å². The topological polar surface area (TPSA) is 75.9 Å². The van der Waals surface area contributed by atoms with Gasteiger partial charge in [0.05, 0.1) is 24.3 Å². The summed E-state index contributed by atoms with van der Waals surface area (Å²) in [6.45, 7) is 3.61. The van der Waals surface area contributed by atoms with Gasteiger partial charge in [-0.1, -0.05) is 11.3 Å². The van der Waals surface area contributed by atoms with Crippen LogP contribution in [0, 0.1) is 0 Å². The first-order valence-corrected chi connectivity index (χ1v) is 8.25. The van der Waals surface area contributed by atoms with Gasteiger partial charge in [0.1, 0.15) is 11.3 Å². The zero-order valence-corrected chi connectivity index (χ0v) is 13.5. The first-order valence-electron chi connectivity index (χ1n) is 7.37. The average Bonchev–Trinajstić information content (AvgIpc) is 3.27. The van der Waals surface area contributed by atoms with Gasteiger partial charge in [0.2, 0.25) is 5.13 Å². The smallest absolute Gasteiger partial charge is 0.208 e. The third-order valence-corrected chi connectivity index (χ3v) is 4.60.